The molecule has 0 fully saturated rings. The molecule has 1 aliphatic carbocycles. The van der Waals surface area contributed by atoms with E-state index >= 15 is 0 Å². The highest BCUT2D eigenvalue weighted by Crippen LogP contribution is 2.29. The fourth-order valence-corrected chi connectivity index (χ4v) is 1.37. The molecule has 0 heterocycles. The van der Waals surface area contributed by atoms with Crippen LogP contribution in [0.15, 0.2) is 10.6 Å². The van der Waals surface area contributed by atoms with Crippen LogP contribution >= 0.6 is 11.6 Å². The van der Waals surface area contributed by atoms with E-state index in [1.54, 1.807) is 0 Å². The highest BCUT2D eigenvalue weighted by molar-refractivity contribution is 6.30. The van der Waals surface area contributed by atoms with Gasteiger partial charge in [0.15, 0.2) is 0 Å². The zero-order chi connectivity index (χ0) is 5.98. The molecule has 0 amide bonds. The molecule has 0 aromatic rings. The zero-order valence-electron chi connectivity index (χ0n) is 5.08. The van der Waals surface area contributed by atoms with E-state index in [9.17, 15) is 0 Å². The van der Waals surface area contributed by atoms with Gasteiger partial charge in [0.25, 0.3) is 0 Å². The summed E-state index contributed by atoms with van der Waals surface area (Å²) in [6.45, 7) is 2.04. The van der Waals surface area contributed by atoms with Gasteiger partial charge in [-0.3, -0.25) is 0 Å². The van der Waals surface area contributed by atoms with Crippen LogP contribution in [0.1, 0.15) is 26.2 Å². The molecule has 0 spiro atoms. The predicted octanol–water partition coefficient (Wildman–Crippen LogP) is 2.89. The van der Waals surface area contributed by atoms with Crippen LogP contribution in [0.5, 0.6) is 0 Å². The molecular weight excluding hydrogens is 120 g/mol. The Morgan fingerprint density at radius 3 is 2.50 bits per heavy atom. The lowest BCUT2D eigenvalue weighted by Gasteiger charge is -1.92. The van der Waals surface area contributed by atoms with Gasteiger partial charge in [-0.15, -0.1) is 0 Å². The van der Waals surface area contributed by atoms with Gasteiger partial charge in [0.2, 0.25) is 0 Å². The van der Waals surface area contributed by atoms with Gasteiger partial charge in [-0.25, -0.2) is 0 Å². The third kappa shape index (κ3) is 1.05. The molecule has 0 saturated heterocycles. The van der Waals surface area contributed by atoms with E-state index in [2.05, 4.69) is 6.42 Å². The fraction of sp³-hybridized carbons (Fsp3) is 0.571. The Morgan fingerprint density at radius 1 is 1.50 bits per heavy atom. The van der Waals surface area contributed by atoms with E-state index in [1.165, 1.54) is 18.4 Å². The van der Waals surface area contributed by atoms with E-state index in [0.29, 0.717) is 0 Å². The Labute approximate surface area is 55.5 Å². The van der Waals surface area contributed by atoms with Gasteiger partial charge in [-0.2, -0.15) is 0 Å². The second-order valence-corrected chi connectivity index (χ2v) is 2.53. The van der Waals surface area contributed by atoms with Crippen LogP contribution in [0.3, 0.4) is 0 Å². The molecule has 0 nitrogen and oxygen atoms in total. The molecule has 45 valence electrons. The lowest BCUT2D eigenvalue weighted by Crippen LogP contribution is -1.73. The van der Waals surface area contributed by atoms with Crippen LogP contribution in [0.4, 0.5) is 0 Å². The fourth-order valence-electron chi connectivity index (χ4n) is 1.03. The van der Waals surface area contributed by atoms with Crippen LogP contribution in [-0.4, -0.2) is 0 Å². The van der Waals surface area contributed by atoms with Gasteiger partial charge in [-0.05, 0) is 25.7 Å². The summed E-state index contributed by atoms with van der Waals surface area (Å²) in [5, 5.41) is 1.08. The minimum absolute atomic E-state index is 1.08. The minimum Gasteiger partial charge on any atom is -0.0892 e. The lowest BCUT2D eigenvalue weighted by atomic mass is 10.2. The average molecular weight is 130 g/mol. The highest BCUT2D eigenvalue weighted by Gasteiger charge is 2.09. The van der Waals surface area contributed by atoms with Gasteiger partial charge in [0.05, 0.1) is 0 Å². The van der Waals surface area contributed by atoms with Crippen molar-refractivity contribution in [3.8, 4) is 0 Å². The van der Waals surface area contributed by atoms with Crippen LogP contribution in [0.2, 0.25) is 0 Å². The molecule has 0 aliphatic heterocycles. The second-order valence-electron chi connectivity index (χ2n) is 2.07. The van der Waals surface area contributed by atoms with Crippen molar-refractivity contribution in [3.63, 3.8) is 0 Å². The predicted molar refractivity (Wildman–Crippen MR) is 36.7 cm³/mol. The molecular formula is C7H10Cl. The third-order valence-electron chi connectivity index (χ3n) is 1.54. The van der Waals surface area contributed by atoms with E-state index in [-0.39, 0.29) is 0 Å². The highest BCUT2D eigenvalue weighted by atomic mass is 35.5. The van der Waals surface area contributed by atoms with Crippen molar-refractivity contribution >= 4 is 11.6 Å². The smallest absolute Gasteiger partial charge is 0.0176 e. The Morgan fingerprint density at radius 2 is 2.25 bits per heavy atom. The second kappa shape index (κ2) is 2.54. The molecule has 1 radical (unpaired) electrons. The Kier molecular flexibility index (Phi) is 1.95. The summed E-state index contributed by atoms with van der Waals surface area (Å²) in [6.07, 6.45) is 5.64. The first-order chi connectivity index (χ1) is 3.84. The van der Waals surface area contributed by atoms with Gasteiger partial charge in [0, 0.05) is 5.03 Å². The van der Waals surface area contributed by atoms with E-state index < -0.39 is 0 Å². The minimum atomic E-state index is 1.08. The van der Waals surface area contributed by atoms with Crippen LogP contribution in [0.25, 0.3) is 0 Å². The van der Waals surface area contributed by atoms with Gasteiger partial charge >= 0.3 is 0 Å². The average Bonchev–Trinajstić information content (AvgIpc) is 2.14. The van der Waals surface area contributed by atoms with Crippen LogP contribution in [-0.2, 0) is 0 Å². The first-order valence-electron chi connectivity index (χ1n) is 3.01. The number of hydrogen-bond donors (Lipinski definition) is 0. The van der Waals surface area contributed by atoms with E-state index in [0.717, 1.165) is 11.5 Å². The summed E-state index contributed by atoms with van der Waals surface area (Å²) in [4.78, 5) is 0. The number of halogens is 1. The monoisotopic (exact) mass is 129 g/mol. The van der Waals surface area contributed by atoms with Crippen molar-refractivity contribution in [1.29, 1.82) is 0 Å². The van der Waals surface area contributed by atoms with E-state index in [1.807, 2.05) is 6.92 Å². The maximum absolute atomic E-state index is 5.83. The molecule has 1 rings (SSSR count). The van der Waals surface area contributed by atoms with Crippen LogP contribution in [0, 0.1) is 6.42 Å². The molecule has 1 heteroatoms. The Hall–Kier alpha value is 0.0300. The maximum Gasteiger partial charge on any atom is 0.0176 e. The standard InChI is InChI=1S/C7H10Cl/c1-2-6-4-3-5-7(6)8/h2H,3-5H2,1H3. The normalized spacial score (nSPS) is 20.2. The summed E-state index contributed by atoms with van der Waals surface area (Å²) in [6, 6.07) is 0. The summed E-state index contributed by atoms with van der Waals surface area (Å²) in [5.74, 6) is 0. The summed E-state index contributed by atoms with van der Waals surface area (Å²) >= 11 is 5.83. The number of allylic oxidation sites excluding steroid dienone is 2. The van der Waals surface area contributed by atoms with E-state index in [4.69, 9.17) is 11.6 Å². The number of hydrogen-bond acceptors (Lipinski definition) is 0. The third-order valence-corrected chi connectivity index (χ3v) is 1.97. The Bertz CT molecular complexity index is 114. The van der Waals surface area contributed by atoms with Crippen LogP contribution < -0.4 is 0 Å². The lowest BCUT2D eigenvalue weighted by molar-refractivity contribution is 0.905. The summed E-state index contributed by atoms with van der Waals surface area (Å²) < 4.78 is 0. The molecule has 0 atom stereocenters. The summed E-state index contributed by atoms with van der Waals surface area (Å²) in [5.41, 5.74) is 1.35. The van der Waals surface area contributed by atoms with Crippen molar-refractivity contribution in [1.82, 2.24) is 0 Å². The molecule has 0 saturated carbocycles. The maximum atomic E-state index is 5.83. The van der Waals surface area contributed by atoms with Gasteiger partial charge in [0.1, 0.15) is 0 Å². The quantitative estimate of drug-likeness (QED) is 0.511. The molecule has 0 aromatic heterocycles. The molecule has 8 heavy (non-hydrogen) atoms. The van der Waals surface area contributed by atoms with Crippen molar-refractivity contribution in [2.45, 2.75) is 26.2 Å². The largest absolute Gasteiger partial charge is 0.0892 e. The van der Waals surface area contributed by atoms with Gasteiger partial charge in [-0.1, -0.05) is 24.1 Å². The van der Waals surface area contributed by atoms with Crippen molar-refractivity contribution in [2.75, 3.05) is 0 Å². The summed E-state index contributed by atoms with van der Waals surface area (Å²) in [7, 11) is 0. The first-order valence-corrected chi connectivity index (χ1v) is 3.39. The zero-order valence-corrected chi connectivity index (χ0v) is 5.83. The molecule has 0 aromatic carbocycles. The molecule has 0 unspecified atom stereocenters. The Balaban J connectivity index is 2.58. The molecule has 0 N–H and O–H groups in total. The van der Waals surface area contributed by atoms with Crippen molar-refractivity contribution in [3.05, 3.63) is 17.0 Å². The number of rotatable bonds is 1. The van der Waals surface area contributed by atoms with Crippen molar-refractivity contribution in [2.24, 2.45) is 0 Å². The van der Waals surface area contributed by atoms with Gasteiger partial charge < -0.3 is 0 Å². The topological polar surface area (TPSA) is 0 Å². The first kappa shape index (κ1) is 6.15. The van der Waals surface area contributed by atoms with Crippen molar-refractivity contribution < 1.29 is 0 Å². The SMILES string of the molecule is C[CH]C1=C(Cl)CCC1. The molecule has 1 aliphatic rings. The molecule has 0 bridgehead atoms.